The normalized spacial score (nSPS) is 12.6. The van der Waals surface area contributed by atoms with Crippen molar-refractivity contribution in [1.29, 1.82) is 0 Å². The fraction of sp³-hybridized carbons (Fsp3) is 0. The van der Waals surface area contributed by atoms with Crippen molar-refractivity contribution in [3.05, 3.63) is 48.0 Å². The van der Waals surface area contributed by atoms with Crippen LogP contribution in [0.5, 0.6) is 0 Å². The summed E-state index contributed by atoms with van der Waals surface area (Å²) in [6.45, 7) is 0. The molecule has 0 aliphatic heterocycles. The second-order valence-corrected chi connectivity index (χ2v) is 6.89. The molecule has 2 heterocycles. The van der Waals surface area contributed by atoms with Crippen LogP contribution in [0.15, 0.2) is 46.7 Å². The molecule has 8 nitrogen and oxygen atoms in total. The summed E-state index contributed by atoms with van der Waals surface area (Å²) in [4.78, 5) is 6.36. The van der Waals surface area contributed by atoms with E-state index in [0.29, 0.717) is 0 Å². The van der Waals surface area contributed by atoms with Gasteiger partial charge in [0.1, 0.15) is 9.79 Å². The summed E-state index contributed by atoms with van der Waals surface area (Å²) in [6, 6.07) is 2.65. The maximum atomic E-state index is 11.2. The van der Waals surface area contributed by atoms with E-state index in [2.05, 4.69) is 9.97 Å². The van der Waals surface area contributed by atoms with E-state index >= 15 is 0 Å². The molecule has 0 unspecified atom stereocenters. The predicted molar refractivity (Wildman–Crippen MR) is 77.0 cm³/mol. The molecule has 0 aliphatic carbocycles. The fourth-order valence-corrected chi connectivity index (χ4v) is 2.92. The minimum atomic E-state index is -4.47. The summed E-state index contributed by atoms with van der Waals surface area (Å²) in [5.41, 5.74) is 0.214. The van der Waals surface area contributed by atoms with Gasteiger partial charge >= 0.3 is 0 Å². The second kappa shape index (κ2) is 5.93. The molecule has 0 amide bonds. The van der Waals surface area contributed by atoms with E-state index in [1.54, 1.807) is 0 Å². The quantitative estimate of drug-likeness (QED) is 0.790. The van der Waals surface area contributed by atoms with Crippen molar-refractivity contribution in [3.63, 3.8) is 0 Å². The van der Waals surface area contributed by atoms with Gasteiger partial charge in [-0.1, -0.05) is 12.2 Å². The molecule has 0 aromatic carbocycles. The Balaban J connectivity index is 2.53. The standard InChI is InChI=1S/C12H10N2O6S2/c15-21(16,17)11-7-13-5-3-9(11)1-2-10-4-6-14-8-12(10)22(18,19)20/h1-8H,(H,15,16,17)(H,18,19,20). The van der Waals surface area contributed by atoms with Crippen LogP contribution < -0.4 is 0 Å². The zero-order chi connectivity index (χ0) is 16.4. The number of rotatable bonds is 4. The lowest BCUT2D eigenvalue weighted by atomic mass is 10.2. The molecule has 0 saturated heterocycles. The molecule has 0 saturated carbocycles. The highest BCUT2D eigenvalue weighted by molar-refractivity contribution is 7.86. The highest BCUT2D eigenvalue weighted by atomic mass is 32.2. The Kier molecular flexibility index (Phi) is 4.37. The summed E-state index contributed by atoms with van der Waals surface area (Å²) in [5, 5.41) is 0. The van der Waals surface area contributed by atoms with Crippen molar-refractivity contribution >= 4 is 32.4 Å². The lowest BCUT2D eigenvalue weighted by molar-refractivity contribution is 0.480. The average Bonchev–Trinajstić information content (AvgIpc) is 2.44. The Morgan fingerprint density at radius 3 is 1.45 bits per heavy atom. The molecule has 0 fully saturated rings. The largest absolute Gasteiger partial charge is 0.296 e. The summed E-state index contributed by atoms with van der Waals surface area (Å²) in [5.74, 6) is 0. The van der Waals surface area contributed by atoms with E-state index in [1.807, 2.05) is 0 Å². The van der Waals surface area contributed by atoms with Gasteiger partial charge in [-0.2, -0.15) is 16.8 Å². The Labute approximate surface area is 126 Å². The Bertz CT molecular complexity index is 858. The molecule has 2 N–H and O–H groups in total. The van der Waals surface area contributed by atoms with Gasteiger partial charge in [0.05, 0.1) is 0 Å². The molecular formula is C12H10N2O6S2. The highest BCUT2D eigenvalue weighted by Crippen LogP contribution is 2.20. The molecule has 0 aliphatic rings. The summed E-state index contributed by atoms with van der Waals surface area (Å²) >= 11 is 0. The van der Waals surface area contributed by atoms with Gasteiger partial charge in [-0.3, -0.25) is 19.1 Å². The van der Waals surface area contributed by atoms with Crippen molar-refractivity contribution in [2.45, 2.75) is 9.79 Å². The zero-order valence-corrected chi connectivity index (χ0v) is 12.5. The van der Waals surface area contributed by atoms with Crippen molar-refractivity contribution in [1.82, 2.24) is 9.97 Å². The predicted octanol–water partition coefficient (Wildman–Crippen LogP) is 1.14. The minimum Gasteiger partial charge on any atom is -0.282 e. The summed E-state index contributed by atoms with van der Waals surface area (Å²) in [7, 11) is -8.94. The Hall–Kier alpha value is -2.14. The SMILES string of the molecule is O=S(=O)(O)c1cnccc1C=Cc1ccncc1S(=O)(=O)O. The molecule has 0 bridgehead atoms. The first-order valence-corrected chi connectivity index (χ1v) is 8.59. The van der Waals surface area contributed by atoms with E-state index in [9.17, 15) is 16.8 Å². The van der Waals surface area contributed by atoms with Gasteiger partial charge in [0, 0.05) is 24.8 Å². The highest BCUT2D eigenvalue weighted by Gasteiger charge is 2.15. The van der Waals surface area contributed by atoms with Gasteiger partial charge in [-0.05, 0) is 23.3 Å². The molecule has 2 rings (SSSR count). The topological polar surface area (TPSA) is 135 Å². The number of aromatic nitrogens is 2. The first-order valence-electron chi connectivity index (χ1n) is 5.70. The van der Waals surface area contributed by atoms with Gasteiger partial charge in [0.2, 0.25) is 0 Å². The van der Waals surface area contributed by atoms with Crippen molar-refractivity contribution in [3.8, 4) is 0 Å². The molecule has 2 aromatic rings. The van der Waals surface area contributed by atoms with E-state index in [-0.39, 0.29) is 11.1 Å². The number of hydrogen-bond donors (Lipinski definition) is 2. The first-order chi connectivity index (χ1) is 10.2. The molecule has 116 valence electrons. The van der Waals surface area contributed by atoms with Gasteiger partial charge in [0.15, 0.2) is 0 Å². The van der Waals surface area contributed by atoms with Gasteiger partial charge < -0.3 is 0 Å². The van der Waals surface area contributed by atoms with Crippen LogP contribution in [0.25, 0.3) is 12.2 Å². The minimum absolute atomic E-state index is 0.107. The van der Waals surface area contributed by atoms with Crippen LogP contribution in [0.2, 0.25) is 0 Å². The third kappa shape index (κ3) is 3.74. The fourth-order valence-electron chi connectivity index (χ4n) is 1.67. The zero-order valence-electron chi connectivity index (χ0n) is 10.9. The van der Waals surface area contributed by atoms with Gasteiger partial charge in [-0.25, -0.2) is 0 Å². The maximum Gasteiger partial charge on any atom is 0.296 e. The number of hydrogen-bond acceptors (Lipinski definition) is 6. The molecular weight excluding hydrogens is 332 g/mol. The van der Waals surface area contributed by atoms with E-state index in [4.69, 9.17) is 9.11 Å². The lowest BCUT2D eigenvalue weighted by Crippen LogP contribution is -2.02. The second-order valence-electron chi connectivity index (χ2n) is 4.11. The van der Waals surface area contributed by atoms with Crippen LogP contribution >= 0.6 is 0 Å². The molecule has 0 radical (unpaired) electrons. The van der Waals surface area contributed by atoms with Crippen LogP contribution in [-0.2, 0) is 20.2 Å². The number of nitrogens with zero attached hydrogens (tertiary/aromatic N) is 2. The summed E-state index contributed by atoms with van der Waals surface area (Å²) in [6.07, 6.45) is 7.09. The third-order valence-corrected chi connectivity index (χ3v) is 4.43. The van der Waals surface area contributed by atoms with E-state index < -0.39 is 30.0 Å². The van der Waals surface area contributed by atoms with Crippen LogP contribution in [0.1, 0.15) is 11.1 Å². The average molecular weight is 342 g/mol. The number of pyridine rings is 2. The molecule has 0 atom stereocenters. The summed E-state index contributed by atoms with van der Waals surface area (Å²) < 4.78 is 63.1. The monoisotopic (exact) mass is 342 g/mol. The van der Waals surface area contributed by atoms with Gasteiger partial charge in [-0.15, -0.1) is 0 Å². The Morgan fingerprint density at radius 2 is 1.14 bits per heavy atom. The smallest absolute Gasteiger partial charge is 0.282 e. The van der Waals surface area contributed by atoms with Crippen LogP contribution in [0.3, 0.4) is 0 Å². The molecule has 2 aromatic heterocycles. The lowest BCUT2D eigenvalue weighted by Gasteiger charge is -2.03. The molecule has 10 heteroatoms. The first kappa shape index (κ1) is 16.2. The van der Waals surface area contributed by atoms with Crippen LogP contribution in [-0.4, -0.2) is 35.9 Å². The van der Waals surface area contributed by atoms with Crippen LogP contribution in [0, 0.1) is 0 Å². The molecule has 22 heavy (non-hydrogen) atoms. The molecule has 0 spiro atoms. The van der Waals surface area contributed by atoms with E-state index in [1.165, 1.54) is 36.7 Å². The van der Waals surface area contributed by atoms with Crippen LogP contribution in [0.4, 0.5) is 0 Å². The van der Waals surface area contributed by atoms with Crippen molar-refractivity contribution in [2.24, 2.45) is 0 Å². The van der Waals surface area contributed by atoms with Crippen molar-refractivity contribution < 1.29 is 25.9 Å². The van der Waals surface area contributed by atoms with E-state index in [0.717, 1.165) is 12.4 Å². The maximum absolute atomic E-state index is 11.2. The van der Waals surface area contributed by atoms with Gasteiger partial charge in [0.25, 0.3) is 20.2 Å². The van der Waals surface area contributed by atoms with Crippen molar-refractivity contribution in [2.75, 3.05) is 0 Å². The third-order valence-electron chi connectivity index (χ3n) is 2.63. The Morgan fingerprint density at radius 1 is 0.773 bits per heavy atom.